The van der Waals surface area contributed by atoms with Gasteiger partial charge in [-0.15, -0.1) is 0 Å². The molecule has 0 saturated heterocycles. The molecule has 0 amide bonds. The maximum absolute atomic E-state index is 13.5. The molecule has 3 rings (SSSR count). The van der Waals surface area contributed by atoms with Gasteiger partial charge in [0.15, 0.2) is 5.82 Å². The van der Waals surface area contributed by atoms with Crippen LogP contribution >= 0.6 is 0 Å². The lowest BCUT2D eigenvalue weighted by atomic mass is 10.1. The van der Waals surface area contributed by atoms with Crippen molar-refractivity contribution >= 4 is 22.4 Å². The third-order valence-electron chi connectivity index (χ3n) is 4.15. The van der Waals surface area contributed by atoms with Crippen LogP contribution in [0.4, 0.5) is 14.5 Å². The molecule has 0 atom stereocenters. The van der Waals surface area contributed by atoms with Crippen molar-refractivity contribution in [3.05, 3.63) is 69.5 Å². The van der Waals surface area contributed by atoms with Crippen LogP contribution in [-0.4, -0.2) is 20.2 Å². The number of fused-ring (bicyclic) bond motifs is 1. The molecule has 1 heterocycles. The zero-order valence-electron chi connectivity index (χ0n) is 14.6. The zero-order chi connectivity index (χ0) is 19.6. The van der Waals surface area contributed by atoms with E-state index in [-0.39, 0.29) is 23.8 Å². The summed E-state index contributed by atoms with van der Waals surface area (Å²) in [7, 11) is 0. The van der Waals surface area contributed by atoms with Gasteiger partial charge in [-0.05, 0) is 26.0 Å². The minimum absolute atomic E-state index is 0.00182. The van der Waals surface area contributed by atoms with Gasteiger partial charge < -0.3 is 4.84 Å². The van der Waals surface area contributed by atoms with Gasteiger partial charge in [0, 0.05) is 17.2 Å². The second-order valence-corrected chi connectivity index (χ2v) is 5.84. The van der Waals surface area contributed by atoms with Crippen molar-refractivity contribution in [2.24, 2.45) is 5.16 Å². The zero-order valence-corrected chi connectivity index (χ0v) is 14.6. The van der Waals surface area contributed by atoms with Gasteiger partial charge in [-0.2, -0.15) is 8.78 Å². The summed E-state index contributed by atoms with van der Waals surface area (Å²) in [6.07, 6.45) is 0. The Morgan fingerprint density at radius 3 is 2.74 bits per heavy atom. The van der Waals surface area contributed by atoms with Gasteiger partial charge in [0.2, 0.25) is 0 Å². The Morgan fingerprint density at radius 2 is 2.04 bits per heavy atom. The molecule has 3 aromatic rings. The van der Waals surface area contributed by atoms with Crippen LogP contribution in [0.15, 0.2) is 47.6 Å². The van der Waals surface area contributed by atoms with Gasteiger partial charge in [0.05, 0.1) is 16.0 Å². The smallest absolute Gasteiger partial charge is 0.320 e. The highest BCUT2D eigenvalue weighted by molar-refractivity contribution is 5.98. The minimum atomic E-state index is -2.78. The van der Waals surface area contributed by atoms with Crippen molar-refractivity contribution in [3.63, 3.8) is 0 Å². The number of nitro groups is 1. The number of benzene rings is 2. The lowest BCUT2D eigenvalue weighted by Crippen LogP contribution is -2.10. The molecule has 0 aliphatic heterocycles. The van der Waals surface area contributed by atoms with Gasteiger partial charge >= 0.3 is 6.55 Å². The highest BCUT2D eigenvalue weighted by atomic mass is 19.3. The van der Waals surface area contributed by atoms with Gasteiger partial charge in [0.25, 0.3) is 5.69 Å². The summed E-state index contributed by atoms with van der Waals surface area (Å²) in [6, 6.07) is 11.2. The molecule has 27 heavy (non-hydrogen) atoms. The molecule has 0 saturated carbocycles. The minimum Gasteiger partial charge on any atom is -0.391 e. The standard InChI is InChI=1S/C18H16F2N4O3/c1-11-13(6-5-9-15(11)24(25)26)10-27-22-12(2)17-21-14-7-3-4-8-16(14)23(17)18(19)20/h3-9,18H,10H2,1-2H3. The summed E-state index contributed by atoms with van der Waals surface area (Å²) in [5, 5.41) is 14.9. The Bertz CT molecular complexity index is 1030. The fourth-order valence-electron chi connectivity index (χ4n) is 2.76. The van der Waals surface area contributed by atoms with E-state index in [2.05, 4.69) is 10.1 Å². The average molecular weight is 374 g/mol. The first-order chi connectivity index (χ1) is 12.9. The van der Waals surface area contributed by atoms with Gasteiger partial charge in [-0.3, -0.25) is 14.7 Å². The topological polar surface area (TPSA) is 82.6 Å². The first kappa shape index (κ1) is 18.4. The summed E-state index contributed by atoms with van der Waals surface area (Å²) < 4.78 is 27.7. The number of nitro benzene ring substituents is 1. The van der Waals surface area contributed by atoms with Crippen LogP contribution in [0.25, 0.3) is 11.0 Å². The van der Waals surface area contributed by atoms with Crippen LogP contribution < -0.4 is 0 Å². The first-order valence-corrected chi connectivity index (χ1v) is 8.05. The number of nitrogens with zero attached hydrogens (tertiary/aromatic N) is 4. The van der Waals surface area contributed by atoms with E-state index in [1.807, 2.05) is 0 Å². The van der Waals surface area contributed by atoms with Crippen LogP contribution in [0, 0.1) is 17.0 Å². The molecular formula is C18H16F2N4O3. The lowest BCUT2D eigenvalue weighted by molar-refractivity contribution is -0.385. The molecule has 0 N–H and O–H groups in total. The fourth-order valence-corrected chi connectivity index (χ4v) is 2.76. The Labute approximate surface area is 153 Å². The van der Waals surface area contributed by atoms with Crippen LogP contribution in [0.1, 0.15) is 30.4 Å². The van der Waals surface area contributed by atoms with Crippen molar-refractivity contribution < 1.29 is 18.5 Å². The SMILES string of the molecule is CC(=NOCc1cccc([N+](=O)[O-])c1C)c1nc2ccccc2n1C(F)F. The molecule has 7 nitrogen and oxygen atoms in total. The summed E-state index contributed by atoms with van der Waals surface area (Å²) in [5.74, 6) is 0.00182. The summed E-state index contributed by atoms with van der Waals surface area (Å²) >= 11 is 0. The first-order valence-electron chi connectivity index (χ1n) is 8.05. The lowest BCUT2D eigenvalue weighted by Gasteiger charge is -2.08. The summed E-state index contributed by atoms with van der Waals surface area (Å²) in [6.45, 7) is 0.320. The highest BCUT2D eigenvalue weighted by Crippen LogP contribution is 2.24. The molecular weight excluding hydrogens is 358 g/mol. The second-order valence-electron chi connectivity index (χ2n) is 5.84. The molecule has 0 unspecified atom stereocenters. The molecule has 0 aliphatic carbocycles. The van der Waals surface area contributed by atoms with E-state index in [0.29, 0.717) is 22.2 Å². The van der Waals surface area contributed by atoms with E-state index in [1.165, 1.54) is 13.0 Å². The summed E-state index contributed by atoms with van der Waals surface area (Å²) in [4.78, 5) is 20.0. The predicted molar refractivity (Wildman–Crippen MR) is 95.8 cm³/mol. The molecule has 140 valence electrons. The van der Waals surface area contributed by atoms with E-state index < -0.39 is 11.5 Å². The quantitative estimate of drug-likeness (QED) is 0.359. The molecule has 0 bridgehead atoms. The Balaban J connectivity index is 1.85. The van der Waals surface area contributed by atoms with E-state index >= 15 is 0 Å². The third-order valence-corrected chi connectivity index (χ3v) is 4.15. The second kappa shape index (κ2) is 7.48. The van der Waals surface area contributed by atoms with Gasteiger partial charge in [-0.25, -0.2) is 4.98 Å². The van der Waals surface area contributed by atoms with E-state index in [1.54, 1.807) is 43.3 Å². The van der Waals surface area contributed by atoms with Gasteiger partial charge in [-0.1, -0.05) is 29.4 Å². The molecule has 2 aromatic carbocycles. The predicted octanol–water partition coefficient (Wildman–Crippen LogP) is 4.59. The Kier molecular flexibility index (Phi) is 5.11. The number of aromatic nitrogens is 2. The van der Waals surface area contributed by atoms with Crippen LogP contribution in [-0.2, 0) is 11.4 Å². The van der Waals surface area contributed by atoms with E-state index in [0.717, 1.165) is 4.57 Å². The Morgan fingerprint density at radius 1 is 1.30 bits per heavy atom. The van der Waals surface area contributed by atoms with Crippen molar-refractivity contribution in [2.45, 2.75) is 27.0 Å². The maximum atomic E-state index is 13.5. The number of hydrogen-bond acceptors (Lipinski definition) is 5. The number of halogens is 2. The van der Waals surface area contributed by atoms with Crippen molar-refractivity contribution in [1.82, 2.24) is 9.55 Å². The molecule has 0 spiro atoms. The Hall–Kier alpha value is -3.36. The average Bonchev–Trinajstić information content (AvgIpc) is 3.02. The van der Waals surface area contributed by atoms with Crippen LogP contribution in [0.3, 0.4) is 0 Å². The van der Waals surface area contributed by atoms with Crippen molar-refractivity contribution in [2.75, 3.05) is 0 Å². The molecule has 0 radical (unpaired) electrons. The fraction of sp³-hybridized carbons (Fsp3) is 0.222. The molecule has 9 heteroatoms. The van der Waals surface area contributed by atoms with E-state index in [4.69, 9.17) is 4.84 Å². The van der Waals surface area contributed by atoms with Crippen LogP contribution in [0.5, 0.6) is 0 Å². The number of oxime groups is 1. The normalized spacial score (nSPS) is 12.0. The van der Waals surface area contributed by atoms with Crippen molar-refractivity contribution in [1.29, 1.82) is 0 Å². The molecule has 0 aliphatic rings. The third kappa shape index (κ3) is 3.62. The largest absolute Gasteiger partial charge is 0.391 e. The number of alkyl halides is 2. The number of hydrogen-bond donors (Lipinski definition) is 0. The molecule has 1 aromatic heterocycles. The van der Waals surface area contributed by atoms with E-state index in [9.17, 15) is 18.9 Å². The molecule has 0 fully saturated rings. The monoisotopic (exact) mass is 374 g/mol. The summed E-state index contributed by atoms with van der Waals surface area (Å²) in [5.41, 5.74) is 1.94. The number of rotatable bonds is 6. The van der Waals surface area contributed by atoms with Crippen LogP contribution in [0.2, 0.25) is 0 Å². The number of imidazole rings is 1. The van der Waals surface area contributed by atoms with Gasteiger partial charge in [0.1, 0.15) is 12.3 Å². The van der Waals surface area contributed by atoms with Crippen molar-refractivity contribution in [3.8, 4) is 0 Å². The highest BCUT2D eigenvalue weighted by Gasteiger charge is 2.20. The number of para-hydroxylation sites is 2. The maximum Gasteiger partial charge on any atom is 0.320 e.